The third-order valence-corrected chi connectivity index (χ3v) is 1.57. The summed E-state index contributed by atoms with van der Waals surface area (Å²) in [5, 5.41) is 0. The largest absolute Gasteiger partial charge is 0.469 e. The summed E-state index contributed by atoms with van der Waals surface area (Å²) in [5.41, 5.74) is 0. The molecule has 0 heterocycles. The molecule has 0 aromatic carbocycles. The summed E-state index contributed by atoms with van der Waals surface area (Å²) in [5.74, 6) is -0.208. The zero-order valence-corrected chi connectivity index (χ0v) is 6.52. The molecule has 0 amide bonds. The Morgan fingerprint density at radius 1 is 1.70 bits per heavy atom. The lowest BCUT2D eigenvalue weighted by Crippen LogP contribution is -2.03. The summed E-state index contributed by atoms with van der Waals surface area (Å²) in [6.45, 7) is 0. The van der Waals surface area contributed by atoms with Crippen LogP contribution >= 0.6 is 0 Å². The van der Waals surface area contributed by atoms with Crippen molar-refractivity contribution < 1.29 is 18.3 Å². The normalized spacial score (nSPS) is 12.6. The van der Waals surface area contributed by atoms with Crippen molar-refractivity contribution in [2.75, 3.05) is 12.9 Å². The molecule has 0 saturated heterocycles. The van der Waals surface area contributed by atoms with E-state index in [1.807, 2.05) is 0 Å². The Bertz CT molecular complexity index is 134. The SMILES string of the molecule is COC(=O)CCCS(=O)O. The minimum Gasteiger partial charge on any atom is -0.469 e. The molecule has 4 nitrogen and oxygen atoms in total. The maximum Gasteiger partial charge on any atom is 0.305 e. The molecule has 5 heteroatoms. The lowest BCUT2D eigenvalue weighted by molar-refractivity contribution is -0.140. The van der Waals surface area contributed by atoms with E-state index < -0.39 is 11.1 Å². The fraction of sp³-hybridized carbons (Fsp3) is 0.800. The van der Waals surface area contributed by atoms with Gasteiger partial charge >= 0.3 is 5.97 Å². The summed E-state index contributed by atoms with van der Waals surface area (Å²) < 4.78 is 22.6. The van der Waals surface area contributed by atoms with Crippen molar-refractivity contribution in [3.8, 4) is 0 Å². The molecule has 0 saturated carbocycles. The Kier molecular flexibility index (Phi) is 5.15. The van der Waals surface area contributed by atoms with Crippen molar-refractivity contribution in [3.05, 3.63) is 0 Å². The van der Waals surface area contributed by atoms with Gasteiger partial charge in [-0.1, -0.05) is 0 Å². The highest BCUT2D eigenvalue weighted by molar-refractivity contribution is 7.79. The third kappa shape index (κ3) is 5.71. The minimum atomic E-state index is -1.79. The molecule has 0 aliphatic heterocycles. The Balaban J connectivity index is 3.20. The van der Waals surface area contributed by atoms with E-state index in [2.05, 4.69) is 4.74 Å². The van der Waals surface area contributed by atoms with Gasteiger partial charge in [0.15, 0.2) is 11.1 Å². The molecule has 0 aliphatic rings. The van der Waals surface area contributed by atoms with Gasteiger partial charge in [-0.2, -0.15) is 0 Å². The lowest BCUT2D eigenvalue weighted by atomic mass is 10.3. The number of methoxy groups -OCH3 is 1. The molecule has 1 atom stereocenters. The van der Waals surface area contributed by atoms with Gasteiger partial charge in [-0.05, 0) is 6.42 Å². The van der Waals surface area contributed by atoms with Crippen LogP contribution in [0.5, 0.6) is 0 Å². The molecule has 1 unspecified atom stereocenters. The van der Waals surface area contributed by atoms with E-state index in [0.29, 0.717) is 6.42 Å². The summed E-state index contributed by atoms with van der Waals surface area (Å²) in [6, 6.07) is 0. The monoisotopic (exact) mass is 166 g/mol. The van der Waals surface area contributed by atoms with Gasteiger partial charge in [-0.25, -0.2) is 4.21 Å². The molecular weight excluding hydrogens is 156 g/mol. The number of hydrogen-bond acceptors (Lipinski definition) is 3. The van der Waals surface area contributed by atoms with E-state index >= 15 is 0 Å². The van der Waals surface area contributed by atoms with Gasteiger partial charge < -0.3 is 9.29 Å². The average Bonchev–Trinajstić information content (AvgIpc) is 1.87. The first-order chi connectivity index (χ1) is 4.66. The number of esters is 1. The van der Waals surface area contributed by atoms with Gasteiger partial charge in [0, 0.05) is 12.2 Å². The summed E-state index contributed by atoms with van der Waals surface area (Å²) in [4.78, 5) is 10.4. The average molecular weight is 166 g/mol. The van der Waals surface area contributed by atoms with Crippen molar-refractivity contribution >= 4 is 17.0 Å². The van der Waals surface area contributed by atoms with Gasteiger partial charge in [-0.15, -0.1) is 0 Å². The molecule has 0 aromatic rings. The number of ether oxygens (including phenoxy) is 1. The van der Waals surface area contributed by atoms with Crippen LogP contribution in [0.2, 0.25) is 0 Å². The van der Waals surface area contributed by atoms with Crippen LogP contribution in [0.25, 0.3) is 0 Å². The Labute approximate surface area is 61.9 Å². The second-order valence-corrected chi connectivity index (χ2v) is 2.76. The molecule has 0 fully saturated rings. The third-order valence-electron chi connectivity index (χ3n) is 0.928. The van der Waals surface area contributed by atoms with Gasteiger partial charge in [-0.3, -0.25) is 4.79 Å². The van der Waals surface area contributed by atoms with Crippen LogP contribution in [0.15, 0.2) is 0 Å². The second kappa shape index (κ2) is 5.37. The smallest absolute Gasteiger partial charge is 0.305 e. The van der Waals surface area contributed by atoms with E-state index in [1.54, 1.807) is 0 Å². The molecule has 0 spiro atoms. The van der Waals surface area contributed by atoms with Crippen LogP contribution in [0.4, 0.5) is 0 Å². The first-order valence-corrected chi connectivity index (χ1v) is 4.08. The number of rotatable bonds is 4. The quantitative estimate of drug-likeness (QED) is 0.477. The molecule has 0 bridgehead atoms. The van der Waals surface area contributed by atoms with Crippen LogP contribution in [0.1, 0.15) is 12.8 Å². The number of carbonyl (C=O) groups excluding carboxylic acids is 1. The predicted molar refractivity (Wildman–Crippen MR) is 36.9 cm³/mol. The topological polar surface area (TPSA) is 63.6 Å². The molecule has 1 N–H and O–H groups in total. The summed E-state index contributed by atoms with van der Waals surface area (Å²) >= 11 is -1.79. The predicted octanol–water partition coefficient (Wildman–Crippen LogP) is 0.161. The zero-order chi connectivity index (χ0) is 7.98. The minimum absolute atomic E-state index is 0.134. The fourth-order valence-electron chi connectivity index (χ4n) is 0.442. The van der Waals surface area contributed by atoms with Gasteiger partial charge in [0.25, 0.3) is 0 Å². The Morgan fingerprint density at radius 3 is 2.70 bits per heavy atom. The van der Waals surface area contributed by atoms with Crippen LogP contribution in [0, 0.1) is 0 Å². The molecular formula is C5H10O4S. The van der Waals surface area contributed by atoms with Crippen molar-refractivity contribution in [2.45, 2.75) is 12.8 Å². The summed E-state index contributed by atoms with van der Waals surface area (Å²) in [6.07, 6.45) is 0.610. The van der Waals surface area contributed by atoms with E-state index in [1.165, 1.54) is 7.11 Å². The lowest BCUT2D eigenvalue weighted by Gasteiger charge is -1.95. The van der Waals surface area contributed by atoms with Gasteiger partial charge in [0.05, 0.1) is 7.11 Å². The molecule has 60 valence electrons. The molecule has 0 aliphatic carbocycles. The van der Waals surface area contributed by atoms with Gasteiger partial charge in [0.1, 0.15) is 0 Å². The highest BCUT2D eigenvalue weighted by Crippen LogP contribution is 1.92. The first-order valence-electron chi connectivity index (χ1n) is 2.81. The Hall–Kier alpha value is -0.420. The van der Waals surface area contributed by atoms with E-state index in [0.717, 1.165) is 0 Å². The molecule has 0 rings (SSSR count). The van der Waals surface area contributed by atoms with Crippen LogP contribution < -0.4 is 0 Å². The van der Waals surface area contributed by atoms with Crippen LogP contribution in [-0.2, 0) is 20.6 Å². The first kappa shape index (κ1) is 9.58. The van der Waals surface area contributed by atoms with Crippen molar-refractivity contribution in [3.63, 3.8) is 0 Å². The standard InChI is InChI=1S/C5H10O4S/c1-9-5(6)3-2-4-10(7)8/h2-4H2,1H3,(H,7,8). The van der Waals surface area contributed by atoms with E-state index in [-0.39, 0.29) is 18.1 Å². The van der Waals surface area contributed by atoms with Crippen molar-refractivity contribution in [1.29, 1.82) is 0 Å². The second-order valence-electron chi connectivity index (χ2n) is 1.71. The van der Waals surface area contributed by atoms with Gasteiger partial charge in [0.2, 0.25) is 0 Å². The maximum atomic E-state index is 10.4. The molecule has 10 heavy (non-hydrogen) atoms. The van der Waals surface area contributed by atoms with E-state index in [4.69, 9.17) is 4.55 Å². The summed E-state index contributed by atoms with van der Waals surface area (Å²) in [7, 11) is 1.29. The highest BCUT2D eigenvalue weighted by Gasteiger charge is 2.00. The van der Waals surface area contributed by atoms with E-state index in [9.17, 15) is 9.00 Å². The maximum absolute atomic E-state index is 10.4. The van der Waals surface area contributed by atoms with Crippen LogP contribution in [-0.4, -0.2) is 27.6 Å². The van der Waals surface area contributed by atoms with Crippen molar-refractivity contribution in [1.82, 2.24) is 0 Å². The zero-order valence-electron chi connectivity index (χ0n) is 5.70. The number of hydrogen-bond donors (Lipinski definition) is 1. The van der Waals surface area contributed by atoms with Crippen LogP contribution in [0.3, 0.4) is 0 Å². The molecule has 0 aromatic heterocycles. The van der Waals surface area contributed by atoms with Crippen molar-refractivity contribution in [2.24, 2.45) is 0 Å². The Morgan fingerprint density at radius 2 is 2.30 bits per heavy atom. The number of carbonyl (C=O) groups is 1. The fourth-order valence-corrected chi connectivity index (χ4v) is 0.833. The highest BCUT2D eigenvalue weighted by atomic mass is 32.2. The molecule has 0 radical (unpaired) electrons.